The number of carbonyl (C=O) groups excluding carboxylic acids is 1. The monoisotopic (exact) mass is 440 g/mol. The molecule has 3 rings (SSSR count). The lowest BCUT2D eigenvalue weighted by Crippen LogP contribution is -2.44. The smallest absolute Gasteiger partial charge is 0.264 e. The lowest BCUT2D eigenvalue weighted by molar-refractivity contribution is -0.130. The Bertz CT molecular complexity index is 925. The first-order valence-electron chi connectivity index (χ1n) is 9.08. The van der Waals surface area contributed by atoms with Crippen molar-refractivity contribution in [3.05, 3.63) is 58.6 Å². The molecule has 0 aromatic heterocycles. The van der Waals surface area contributed by atoms with Gasteiger partial charge in [0.2, 0.25) is 5.91 Å². The first-order valence-corrected chi connectivity index (χ1v) is 11.3. The van der Waals surface area contributed by atoms with Crippen molar-refractivity contribution in [3.8, 4) is 0 Å². The molecule has 2 aromatic carbocycles. The van der Waals surface area contributed by atoms with Crippen molar-refractivity contribution in [2.24, 2.45) is 0 Å². The third-order valence-corrected chi connectivity index (χ3v) is 7.24. The molecule has 0 atom stereocenters. The SMILES string of the molecule is CN(C(=O)CN(c1cc(Cl)cc(Cl)c1)S(=O)(=O)c1ccccc1)C1CCCC1. The maximum Gasteiger partial charge on any atom is 0.264 e. The third kappa shape index (κ3) is 4.62. The molecule has 1 aliphatic rings. The molecule has 0 bridgehead atoms. The fourth-order valence-corrected chi connectivity index (χ4v) is 5.38. The summed E-state index contributed by atoms with van der Waals surface area (Å²) in [5.41, 5.74) is 0.259. The van der Waals surface area contributed by atoms with Crippen LogP contribution in [0.3, 0.4) is 0 Å². The second kappa shape index (κ2) is 8.72. The zero-order chi connectivity index (χ0) is 20.3. The number of rotatable bonds is 6. The Morgan fingerprint density at radius 2 is 1.61 bits per heavy atom. The van der Waals surface area contributed by atoms with Gasteiger partial charge in [0.25, 0.3) is 10.0 Å². The van der Waals surface area contributed by atoms with Gasteiger partial charge in [0.1, 0.15) is 6.54 Å². The van der Waals surface area contributed by atoms with Gasteiger partial charge in [0.05, 0.1) is 10.6 Å². The van der Waals surface area contributed by atoms with Crippen LogP contribution in [0.25, 0.3) is 0 Å². The van der Waals surface area contributed by atoms with E-state index in [1.807, 2.05) is 0 Å². The Morgan fingerprint density at radius 1 is 1.04 bits per heavy atom. The average molecular weight is 441 g/mol. The maximum absolute atomic E-state index is 13.3. The van der Waals surface area contributed by atoms with Crippen molar-refractivity contribution in [2.75, 3.05) is 17.9 Å². The Kier molecular flexibility index (Phi) is 6.53. The minimum Gasteiger partial charge on any atom is -0.341 e. The summed E-state index contributed by atoms with van der Waals surface area (Å²) in [7, 11) is -2.24. The molecule has 28 heavy (non-hydrogen) atoms. The first-order chi connectivity index (χ1) is 13.3. The molecule has 0 spiro atoms. The lowest BCUT2D eigenvalue weighted by Gasteiger charge is -2.29. The molecule has 0 aliphatic heterocycles. The number of likely N-dealkylation sites (N-methyl/N-ethyl adjacent to an activating group) is 1. The molecular weight excluding hydrogens is 419 g/mol. The van der Waals surface area contributed by atoms with E-state index in [9.17, 15) is 13.2 Å². The molecule has 1 amide bonds. The minimum absolute atomic E-state index is 0.0995. The summed E-state index contributed by atoms with van der Waals surface area (Å²) in [5, 5.41) is 0.597. The van der Waals surface area contributed by atoms with E-state index >= 15 is 0 Å². The topological polar surface area (TPSA) is 57.7 Å². The molecule has 0 radical (unpaired) electrons. The van der Waals surface area contributed by atoms with Gasteiger partial charge in [-0.15, -0.1) is 0 Å². The van der Waals surface area contributed by atoms with Gasteiger partial charge < -0.3 is 4.90 Å². The van der Waals surface area contributed by atoms with Gasteiger partial charge >= 0.3 is 0 Å². The summed E-state index contributed by atoms with van der Waals surface area (Å²) >= 11 is 12.2. The Hall–Kier alpha value is -1.76. The van der Waals surface area contributed by atoms with E-state index in [0.29, 0.717) is 10.0 Å². The molecule has 5 nitrogen and oxygen atoms in total. The van der Waals surface area contributed by atoms with Crippen molar-refractivity contribution in [3.63, 3.8) is 0 Å². The summed E-state index contributed by atoms with van der Waals surface area (Å²) in [5.74, 6) is -0.262. The molecular formula is C20H22Cl2N2O3S. The standard InChI is InChI=1S/C20H22Cl2N2O3S/c1-23(17-7-5-6-8-17)20(25)14-24(18-12-15(21)11-16(22)13-18)28(26,27)19-9-3-2-4-10-19/h2-4,9-13,17H,5-8,14H2,1H3. The minimum atomic E-state index is -3.97. The maximum atomic E-state index is 13.3. The van der Waals surface area contributed by atoms with E-state index in [-0.39, 0.29) is 29.1 Å². The second-order valence-electron chi connectivity index (χ2n) is 6.90. The number of amides is 1. The van der Waals surface area contributed by atoms with Gasteiger partial charge in [-0.1, -0.05) is 54.2 Å². The molecule has 2 aromatic rings. The van der Waals surface area contributed by atoms with Gasteiger partial charge in [0.15, 0.2) is 0 Å². The quantitative estimate of drug-likeness (QED) is 0.659. The van der Waals surface area contributed by atoms with E-state index in [1.54, 1.807) is 30.1 Å². The number of hydrogen-bond acceptors (Lipinski definition) is 3. The first kappa shape index (κ1) is 21.0. The number of anilines is 1. The van der Waals surface area contributed by atoms with Crippen molar-refractivity contribution >= 4 is 44.8 Å². The predicted octanol–water partition coefficient (Wildman–Crippen LogP) is 4.59. The van der Waals surface area contributed by atoms with Crippen molar-refractivity contribution in [1.29, 1.82) is 0 Å². The summed E-state index contributed by atoms with van der Waals surface area (Å²) in [4.78, 5) is 14.7. The molecule has 0 heterocycles. The number of halogens is 2. The van der Waals surface area contributed by atoms with Crippen LogP contribution in [0.15, 0.2) is 53.4 Å². The van der Waals surface area contributed by atoms with Crippen LogP contribution >= 0.6 is 23.2 Å². The van der Waals surface area contributed by atoms with E-state index < -0.39 is 10.0 Å². The van der Waals surface area contributed by atoms with Crippen LogP contribution < -0.4 is 4.31 Å². The lowest BCUT2D eigenvalue weighted by atomic mass is 10.2. The molecule has 1 saturated carbocycles. The highest BCUT2D eigenvalue weighted by molar-refractivity contribution is 7.92. The van der Waals surface area contributed by atoms with Crippen LogP contribution in [0.2, 0.25) is 10.0 Å². The zero-order valence-electron chi connectivity index (χ0n) is 15.5. The summed E-state index contributed by atoms with van der Waals surface area (Å²) < 4.78 is 27.7. The Morgan fingerprint density at radius 3 is 2.18 bits per heavy atom. The highest BCUT2D eigenvalue weighted by Gasteiger charge is 2.31. The van der Waals surface area contributed by atoms with Gasteiger partial charge in [-0.2, -0.15) is 0 Å². The molecule has 0 saturated heterocycles. The van der Waals surface area contributed by atoms with Crippen molar-refractivity contribution < 1.29 is 13.2 Å². The highest BCUT2D eigenvalue weighted by Crippen LogP contribution is 2.30. The molecule has 8 heteroatoms. The number of benzene rings is 2. The van der Waals surface area contributed by atoms with Crippen LogP contribution in [0.4, 0.5) is 5.69 Å². The molecule has 0 N–H and O–H groups in total. The summed E-state index contributed by atoms with van der Waals surface area (Å²) in [6, 6.07) is 12.7. The third-order valence-electron chi connectivity index (χ3n) is 5.01. The van der Waals surface area contributed by atoms with Gasteiger partial charge in [-0.25, -0.2) is 8.42 Å². The van der Waals surface area contributed by atoms with Gasteiger partial charge in [0, 0.05) is 23.1 Å². The van der Waals surface area contributed by atoms with Crippen LogP contribution in [-0.4, -0.2) is 38.9 Å². The summed E-state index contributed by atoms with van der Waals surface area (Å²) in [6.45, 7) is -0.319. The van der Waals surface area contributed by atoms with E-state index in [1.165, 1.54) is 30.3 Å². The highest BCUT2D eigenvalue weighted by atomic mass is 35.5. The molecule has 1 fully saturated rings. The zero-order valence-corrected chi connectivity index (χ0v) is 17.8. The van der Waals surface area contributed by atoms with Crippen molar-refractivity contribution in [1.82, 2.24) is 4.90 Å². The normalized spacial score (nSPS) is 14.8. The van der Waals surface area contributed by atoms with E-state index in [2.05, 4.69) is 0 Å². The number of sulfonamides is 1. The summed E-state index contributed by atoms with van der Waals surface area (Å²) in [6.07, 6.45) is 4.05. The van der Waals surface area contributed by atoms with Crippen LogP contribution in [0.5, 0.6) is 0 Å². The molecule has 1 aliphatic carbocycles. The Labute approximate surface area is 175 Å². The van der Waals surface area contributed by atoms with E-state index in [0.717, 1.165) is 30.0 Å². The number of carbonyl (C=O) groups is 1. The van der Waals surface area contributed by atoms with Crippen LogP contribution in [-0.2, 0) is 14.8 Å². The van der Waals surface area contributed by atoms with Crippen LogP contribution in [0.1, 0.15) is 25.7 Å². The number of hydrogen-bond donors (Lipinski definition) is 0. The fourth-order valence-electron chi connectivity index (χ4n) is 3.45. The largest absolute Gasteiger partial charge is 0.341 e. The Balaban J connectivity index is 1.98. The van der Waals surface area contributed by atoms with Gasteiger partial charge in [-0.05, 0) is 43.2 Å². The molecule has 150 valence electrons. The number of nitrogens with zero attached hydrogens (tertiary/aromatic N) is 2. The molecule has 0 unspecified atom stereocenters. The fraction of sp³-hybridized carbons (Fsp3) is 0.350. The van der Waals surface area contributed by atoms with Gasteiger partial charge in [-0.3, -0.25) is 9.10 Å². The van der Waals surface area contributed by atoms with E-state index in [4.69, 9.17) is 23.2 Å². The predicted molar refractivity (Wildman–Crippen MR) is 112 cm³/mol. The van der Waals surface area contributed by atoms with Crippen molar-refractivity contribution in [2.45, 2.75) is 36.6 Å². The second-order valence-corrected chi connectivity index (χ2v) is 9.63. The average Bonchev–Trinajstić information content (AvgIpc) is 3.19. The van der Waals surface area contributed by atoms with Crippen LogP contribution in [0, 0.1) is 0 Å².